The minimum Gasteiger partial charge on any atom is -0.358 e. The van der Waals surface area contributed by atoms with Crippen LogP contribution in [0.5, 0.6) is 0 Å². The van der Waals surface area contributed by atoms with Gasteiger partial charge in [-0.05, 0) is 6.07 Å². The Morgan fingerprint density at radius 2 is 2.00 bits per heavy atom. The molecular weight excluding hydrogens is 318 g/mol. The SMILES string of the molecule is BrC1(Br)C=Cc2c([nH]c3ccccc23)C1. The number of halogens is 2. The third-order valence-corrected chi connectivity index (χ3v) is 3.82. The van der Waals surface area contributed by atoms with Gasteiger partial charge in [0.15, 0.2) is 0 Å². The van der Waals surface area contributed by atoms with Gasteiger partial charge in [0.25, 0.3) is 0 Å². The number of alkyl halides is 2. The number of H-pyrrole nitrogens is 1. The molecule has 0 amide bonds. The number of nitrogens with one attached hydrogen (secondary N) is 1. The number of para-hydroxylation sites is 1. The third kappa shape index (κ3) is 1.58. The van der Waals surface area contributed by atoms with E-state index in [1.54, 1.807) is 0 Å². The van der Waals surface area contributed by atoms with E-state index in [0.29, 0.717) is 0 Å². The first-order valence-corrected chi connectivity index (χ1v) is 6.41. The van der Waals surface area contributed by atoms with E-state index >= 15 is 0 Å². The maximum absolute atomic E-state index is 3.63. The van der Waals surface area contributed by atoms with Crippen LogP contribution in [-0.2, 0) is 6.42 Å². The van der Waals surface area contributed by atoms with Crippen molar-refractivity contribution in [1.29, 1.82) is 0 Å². The van der Waals surface area contributed by atoms with Gasteiger partial charge in [-0.1, -0.05) is 62.2 Å². The second kappa shape index (κ2) is 3.22. The predicted molar refractivity (Wildman–Crippen MR) is 71.6 cm³/mol. The second-order valence-electron chi connectivity index (χ2n) is 3.83. The molecule has 0 bridgehead atoms. The van der Waals surface area contributed by atoms with Gasteiger partial charge in [-0.25, -0.2) is 0 Å². The molecule has 1 aliphatic carbocycles. The molecule has 2 aromatic rings. The van der Waals surface area contributed by atoms with Gasteiger partial charge < -0.3 is 4.98 Å². The molecule has 0 saturated carbocycles. The van der Waals surface area contributed by atoms with Crippen molar-refractivity contribution in [3.63, 3.8) is 0 Å². The molecule has 0 atom stereocenters. The van der Waals surface area contributed by atoms with Crippen LogP contribution in [0, 0.1) is 0 Å². The van der Waals surface area contributed by atoms with Gasteiger partial charge in [0.05, 0.1) is 0 Å². The molecule has 3 rings (SSSR count). The number of allylic oxidation sites excluding steroid dienone is 1. The molecule has 15 heavy (non-hydrogen) atoms. The lowest BCUT2D eigenvalue weighted by Crippen LogP contribution is -2.15. The molecule has 0 aliphatic heterocycles. The molecule has 1 N–H and O–H groups in total. The average Bonchev–Trinajstić information content (AvgIpc) is 2.52. The molecule has 1 heterocycles. The zero-order chi connectivity index (χ0) is 10.5. The summed E-state index contributed by atoms with van der Waals surface area (Å²) in [5, 5.41) is 1.30. The Bertz CT molecular complexity index is 552. The first kappa shape index (κ1) is 9.67. The van der Waals surface area contributed by atoms with Crippen molar-refractivity contribution in [2.24, 2.45) is 0 Å². The van der Waals surface area contributed by atoms with Gasteiger partial charge in [0.1, 0.15) is 3.23 Å². The summed E-state index contributed by atoms with van der Waals surface area (Å²) in [4.78, 5) is 3.46. The fourth-order valence-corrected chi connectivity index (χ4v) is 2.87. The molecular formula is C12H9Br2N. The Morgan fingerprint density at radius 1 is 1.20 bits per heavy atom. The standard InChI is InChI=1S/C12H9Br2N/c13-12(14)6-5-9-8-3-1-2-4-10(8)15-11(9)7-12/h1-6,15H,7H2. The summed E-state index contributed by atoms with van der Waals surface area (Å²) in [6, 6.07) is 8.41. The number of fused-ring (bicyclic) bond motifs is 3. The van der Waals surface area contributed by atoms with E-state index in [1.807, 2.05) is 0 Å². The van der Waals surface area contributed by atoms with Crippen molar-refractivity contribution in [1.82, 2.24) is 4.98 Å². The topological polar surface area (TPSA) is 15.8 Å². The Morgan fingerprint density at radius 3 is 2.87 bits per heavy atom. The highest BCUT2D eigenvalue weighted by atomic mass is 79.9. The number of hydrogen-bond acceptors (Lipinski definition) is 0. The van der Waals surface area contributed by atoms with Gasteiger partial charge in [-0.3, -0.25) is 0 Å². The summed E-state index contributed by atoms with van der Waals surface area (Å²) in [5.41, 5.74) is 3.82. The highest BCUT2D eigenvalue weighted by Crippen LogP contribution is 2.39. The van der Waals surface area contributed by atoms with E-state index in [4.69, 9.17) is 0 Å². The molecule has 0 radical (unpaired) electrons. The lowest BCUT2D eigenvalue weighted by Gasteiger charge is -2.19. The molecule has 1 aromatic heterocycles. The molecule has 0 unspecified atom stereocenters. The van der Waals surface area contributed by atoms with Crippen LogP contribution in [0.4, 0.5) is 0 Å². The number of rotatable bonds is 0. The third-order valence-electron chi connectivity index (χ3n) is 2.73. The average molecular weight is 327 g/mol. The molecule has 3 heteroatoms. The quantitative estimate of drug-likeness (QED) is 0.697. The number of benzene rings is 1. The lowest BCUT2D eigenvalue weighted by molar-refractivity contribution is 0.944. The summed E-state index contributed by atoms with van der Waals surface area (Å²) in [5.74, 6) is 0. The first-order chi connectivity index (χ1) is 7.16. The maximum Gasteiger partial charge on any atom is 0.104 e. The predicted octanol–water partition coefficient (Wildman–Crippen LogP) is 4.22. The highest BCUT2D eigenvalue weighted by molar-refractivity contribution is 9.25. The summed E-state index contributed by atoms with van der Waals surface area (Å²) in [6.45, 7) is 0. The number of aromatic amines is 1. The van der Waals surface area contributed by atoms with Crippen LogP contribution in [0.1, 0.15) is 11.3 Å². The van der Waals surface area contributed by atoms with Crippen molar-refractivity contribution < 1.29 is 0 Å². The first-order valence-electron chi connectivity index (χ1n) is 4.82. The van der Waals surface area contributed by atoms with E-state index in [2.05, 4.69) is 73.3 Å². The van der Waals surface area contributed by atoms with Gasteiger partial charge >= 0.3 is 0 Å². The molecule has 1 nitrogen and oxygen atoms in total. The number of hydrogen-bond donors (Lipinski definition) is 1. The monoisotopic (exact) mass is 325 g/mol. The maximum atomic E-state index is 3.63. The van der Waals surface area contributed by atoms with Crippen molar-refractivity contribution in [3.05, 3.63) is 41.6 Å². The van der Waals surface area contributed by atoms with E-state index in [9.17, 15) is 0 Å². The van der Waals surface area contributed by atoms with Crippen LogP contribution in [-0.4, -0.2) is 8.22 Å². The second-order valence-corrected chi connectivity index (χ2v) is 7.73. The highest BCUT2D eigenvalue weighted by Gasteiger charge is 2.26. The summed E-state index contributed by atoms with van der Waals surface area (Å²) in [6.07, 6.45) is 5.25. The molecule has 0 spiro atoms. The largest absolute Gasteiger partial charge is 0.358 e. The Balaban J connectivity index is 2.28. The van der Waals surface area contributed by atoms with Crippen LogP contribution in [0.2, 0.25) is 0 Å². The summed E-state index contributed by atoms with van der Waals surface area (Å²) in [7, 11) is 0. The Hall–Kier alpha value is -0.540. The molecule has 0 fully saturated rings. The lowest BCUT2D eigenvalue weighted by atomic mass is 10.0. The molecule has 1 aromatic carbocycles. The van der Waals surface area contributed by atoms with Crippen LogP contribution < -0.4 is 0 Å². The normalized spacial score (nSPS) is 18.0. The smallest absolute Gasteiger partial charge is 0.104 e. The fraction of sp³-hybridized carbons (Fsp3) is 0.167. The zero-order valence-electron chi connectivity index (χ0n) is 7.93. The van der Waals surface area contributed by atoms with E-state index in [0.717, 1.165) is 6.42 Å². The van der Waals surface area contributed by atoms with Crippen molar-refractivity contribution in [2.75, 3.05) is 0 Å². The van der Waals surface area contributed by atoms with Gasteiger partial charge in [0, 0.05) is 28.6 Å². The number of aromatic nitrogens is 1. The van der Waals surface area contributed by atoms with Crippen LogP contribution in [0.15, 0.2) is 30.3 Å². The van der Waals surface area contributed by atoms with Gasteiger partial charge in [-0.2, -0.15) is 0 Å². The van der Waals surface area contributed by atoms with E-state index in [-0.39, 0.29) is 3.23 Å². The fourth-order valence-electron chi connectivity index (χ4n) is 2.05. The van der Waals surface area contributed by atoms with Crippen LogP contribution >= 0.6 is 31.9 Å². The van der Waals surface area contributed by atoms with E-state index < -0.39 is 0 Å². The van der Waals surface area contributed by atoms with E-state index in [1.165, 1.54) is 22.2 Å². The molecule has 0 saturated heterocycles. The zero-order valence-corrected chi connectivity index (χ0v) is 11.1. The summed E-state index contributed by atoms with van der Waals surface area (Å²) >= 11 is 7.26. The van der Waals surface area contributed by atoms with Crippen LogP contribution in [0.25, 0.3) is 17.0 Å². The van der Waals surface area contributed by atoms with Gasteiger partial charge in [-0.15, -0.1) is 0 Å². The molecule has 1 aliphatic rings. The van der Waals surface area contributed by atoms with Gasteiger partial charge in [0.2, 0.25) is 0 Å². The van der Waals surface area contributed by atoms with Crippen molar-refractivity contribution >= 4 is 48.8 Å². The van der Waals surface area contributed by atoms with Crippen molar-refractivity contribution in [2.45, 2.75) is 9.65 Å². The molecule has 76 valence electrons. The van der Waals surface area contributed by atoms with Crippen molar-refractivity contribution in [3.8, 4) is 0 Å². The Labute approximate surface area is 105 Å². The minimum atomic E-state index is -0.0894. The summed E-state index contributed by atoms with van der Waals surface area (Å²) < 4.78 is -0.0894. The minimum absolute atomic E-state index is 0.0894. The Kier molecular flexibility index (Phi) is 2.08. The van der Waals surface area contributed by atoms with Crippen LogP contribution in [0.3, 0.4) is 0 Å².